The molecule has 2 aromatic rings. The average Bonchev–Trinajstić information content (AvgIpc) is 2.56. The third kappa shape index (κ3) is 2.89. The molecule has 0 fully saturated rings. The highest BCUT2D eigenvalue weighted by atomic mass is 15.2. The van der Waals surface area contributed by atoms with E-state index in [0.29, 0.717) is 22.8 Å². The second-order valence-electron chi connectivity index (χ2n) is 5.60. The minimum Gasteiger partial charge on any atom is -0.399 e. The van der Waals surface area contributed by atoms with Crippen LogP contribution in [0, 0.1) is 16.2 Å². The highest BCUT2D eigenvalue weighted by Crippen LogP contribution is 2.33. The Labute approximate surface area is 139 Å². The molecule has 6 nitrogen and oxygen atoms in total. The molecule has 0 heterocycles. The van der Waals surface area contributed by atoms with Crippen LogP contribution in [0.1, 0.15) is 6.42 Å². The lowest BCUT2D eigenvalue weighted by atomic mass is 9.97. The second-order valence-corrected chi connectivity index (χ2v) is 5.60. The molecular formula is C18H18N6. The Balaban J connectivity index is 2.15. The molecule has 0 aromatic heterocycles. The third-order valence-corrected chi connectivity index (χ3v) is 3.81. The number of rotatable bonds is 3. The largest absolute Gasteiger partial charge is 0.399 e. The minimum atomic E-state index is 0.122. The lowest BCUT2D eigenvalue weighted by Crippen LogP contribution is -2.31. The number of nitrogens with one attached hydrogen (secondary N) is 3. The van der Waals surface area contributed by atoms with Crippen molar-refractivity contribution in [2.75, 3.05) is 16.4 Å². The van der Waals surface area contributed by atoms with Gasteiger partial charge in [-0.3, -0.25) is 5.41 Å². The van der Waals surface area contributed by atoms with Crippen LogP contribution >= 0.6 is 0 Å². The van der Waals surface area contributed by atoms with Crippen molar-refractivity contribution >= 4 is 39.9 Å². The molecule has 120 valence electrons. The van der Waals surface area contributed by atoms with Gasteiger partial charge >= 0.3 is 0 Å². The molecule has 0 amide bonds. The summed E-state index contributed by atoms with van der Waals surface area (Å²) in [6.45, 7) is 0. The number of allylic oxidation sites excluding steroid dienone is 2. The fourth-order valence-corrected chi connectivity index (χ4v) is 2.55. The molecule has 0 spiro atoms. The van der Waals surface area contributed by atoms with Gasteiger partial charge in [-0.15, -0.1) is 0 Å². The molecule has 7 N–H and O–H groups in total. The summed E-state index contributed by atoms with van der Waals surface area (Å²) >= 11 is 0. The van der Waals surface area contributed by atoms with Gasteiger partial charge in [0, 0.05) is 29.2 Å². The van der Waals surface area contributed by atoms with Gasteiger partial charge in [-0.2, -0.15) is 0 Å². The van der Waals surface area contributed by atoms with Gasteiger partial charge in [0.25, 0.3) is 0 Å². The SMILES string of the molecule is N=C1C=C(N(c2ccc(N)cc2)c2ccc(N)cc2)C(=N)CC1=N. The molecular weight excluding hydrogens is 300 g/mol. The van der Waals surface area contributed by atoms with Crippen molar-refractivity contribution in [1.82, 2.24) is 0 Å². The van der Waals surface area contributed by atoms with Crippen LogP contribution in [-0.2, 0) is 0 Å². The van der Waals surface area contributed by atoms with Gasteiger partial charge in [0.1, 0.15) is 0 Å². The Morgan fingerprint density at radius 2 is 1.17 bits per heavy atom. The van der Waals surface area contributed by atoms with E-state index in [2.05, 4.69) is 0 Å². The Morgan fingerprint density at radius 1 is 0.708 bits per heavy atom. The average molecular weight is 318 g/mol. The maximum absolute atomic E-state index is 8.28. The number of benzene rings is 2. The fourth-order valence-electron chi connectivity index (χ4n) is 2.55. The van der Waals surface area contributed by atoms with E-state index in [1.54, 1.807) is 30.3 Å². The molecule has 0 unspecified atom stereocenters. The molecule has 0 saturated heterocycles. The summed E-state index contributed by atoms with van der Waals surface area (Å²) in [5, 5.41) is 24.0. The molecule has 2 aromatic carbocycles. The van der Waals surface area contributed by atoms with Crippen LogP contribution in [-0.4, -0.2) is 17.1 Å². The Hall–Kier alpha value is -3.41. The predicted octanol–water partition coefficient (Wildman–Crippen LogP) is 3.34. The van der Waals surface area contributed by atoms with E-state index in [4.69, 9.17) is 27.7 Å². The van der Waals surface area contributed by atoms with Crippen molar-refractivity contribution in [3.05, 3.63) is 60.3 Å². The van der Waals surface area contributed by atoms with Gasteiger partial charge in [0.2, 0.25) is 0 Å². The van der Waals surface area contributed by atoms with Crippen LogP contribution in [0.5, 0.6) is 0 Å². The topological polar surface area (TPSA) is 127 Å². The summed E-state index contributed by atoms with van der Waals surface area (Å²) in [6, 6.07) is 14.6. The van der Waals surface area contributed by atoms with Crippen LogP contribution in [0.15, 0.2) is 60.3 Å². The second kappa shape index (κ2) is 6.00. The van der Waals surface area contributed by atoms with Gasteiger partial charge < -0.3 is 27.2 Å². The van der Waals surface area contributed by atoms with E-state index in [9.17, 15) is 0 Å². The number of nitrogens with zero attached hydrogens (tertiary/aromatic N) is 1. The first-order valence-electron chi connectivity index (χ1n) is 7.43. The van der Waals surface area contributed by atoms with Gasteiger partial charge in [-0.1, -0.05) is 0 Å². The summed E-state index contributed by atoms with van der Waals surface area (Å²) in [6.07, 6.45) is 1.70. The quantitative estimate of drug-likeness (QED) is 0.557. The molecule has 1 aliphatic rings. The zero-order valence-electron chi connectivity index (χ0n) is 13.0. The van der Waals surface area contributed by atoms with Crippen LogP contribution in [0.3, 0.4) is 0 Å². The maximum atomic E-state index is 8.28. The molecule has 1 aliphatic carbocycles. The molecule has 6 heteroatoms. The van der Waals surface area contributed by atoms with Gasteiger partial charge in [-0.05, 0) is 54.6 Å². The first-order valence-corrected chi connectivity index (χ1v) is 7.43. The van der Waals surface area contributed by atoms with E-state index in [1.807, 2.05) is 29.2 Å². The van der Waals surface area contributed by atoms with E-state index in [0.717, 1.165) is 11.4 Å². The molecule has 0 radical (unpaired) electrons. The standard InChI is InChI=1S/C18H18N6/c19-11-1-5-13(6-2-11)24(14-7-3-12(20)4-8-14)18-10-16(22)15(21)9-17(18)23/h1-8,10,21-23H,9,19-20H2. The molecule has 24 heavy (non-hydrogen) atoms. The summed E-state index contributed by atoms with van der Waals surface area (Å²) in [4.78, 5) is 1.88. The summed E-state index contributed by atoms with van der Waals surface area (Å²) in [5.41, 5.74) is 15.7. The fraction of sp³-hybridized carbons (Fsp3) is 0.0556. The molecule has 0 atom stereocenters. The summed E-state index contributed by atoms with van der Waals surface area (Å²) < 4.78 is 0. The molecule has 0 bridgehead atoms. The molecule has 0 saturated carbocycles. The number of hydrogen-bond acceptors (Lipinski definition) is 6. The van der Waals surface area contributed by atoms with E-state index in [1.165, 1.54) is 0 Å². The Bertz CT molecular complexity index is 801. The Kier molecular flexibility index (Phi) is 3.87. The van der Waals surface area contributed by atoms with Gasteiger partial charge in [0.15, 0.2) is 0 Å². The monoisotopic (exact) mass is 318 g/mol. The number of nitrogen functional groups attached to an aromatic ring is 2. The van der Waals surface area contributed by atoms with Crippen molar-refractivity contribution in [2.45, 2.75) is 6.42 Å². The lowest BCUT2D eigenvalue weighted by Gasteiger charge is -2.30. The van der Waals surface area contributed by atoms with Crippen molar-refractivity contribution in [2.24, 2.45) is 0 Å². The van der Waals surface area contributed by atoms with Gasteiger partial charge in [0.05, 0.1) is 22.8 Å². The number of anilines is 4. The molecule has 0 aliphatic heterocycles. The highest BCUT2D eigenvalue weighted by molar-refractivity contribution is 6.50. The summed E-state index contributed by atoms with van der Waals surface area (Å²) in [7, 11) is 0. The zero-order chi connectivity index (χ0) is 17.3. The number of hydrogen-bond donors (Lipinski definition) is 5. The van der Waals surface area contributed by atoms with Crippen molar-refractivity contribution in [3.63, 3.8) is 0 Å². The lowest BCUT2D eigenvalue weighted by molar-refractivity contribution is 1.19. The smallest absolute Gasteiger partial charge is 0.0773 e. The van der Waals surface area contributed by atoms with Crippen LogP contribution < -0.4 is 16.4 Å². The van der Waals surface area contributed by atoms with Gasteiger partial charge in [-0.25, -0.2) is 0 Å². The predicted molar refractivity (Wildman–Crippen MR) is 99.7 cm³/mol. The maximum Gasteiger partial charge on any atom is 0.0773 e. The normalized spacial score (nSPS) is 14.5. The van der Waals surface area contributed by atoms with Crippen LogP contribution in [0.25, 0.3) is 0 Å². The summed E-state index contributed by atoms with van der Waals surface area (Å²) in [5.74, 6) is 0. The highest BCUT2D eigenvalue weighted by Gasteiger charge is 2.24. The molecule has 3 rings (SSSR count). The number of nitrogens with two attached hydrogens (primary N) is 2. The first-order chi connectivity index (χ1) is 11.5. The zero-order valence-corrected chi connectivity index (χ0v) is 13.0. The third-order valence-electron chi connectivity index (χ3n) is 3.81. The van der Waals surface area contributed by atoms with Crippen molar-refractivity contribution in [3.8, 4) is 0 Å². The van der Waals surface area contributed by atoms with E-state index >= 15 is 0 Å². The first kappa shape index (κ1) is 15.5. The minimum absolute atomic E-state index is 0.122. The van der Waals surface area contributed by atoms with Crippen LogP contribution in [0.4, 0.5) is 22.7 Å². The van der Waals surface area contributed by atoms with Crippen LogP contribution in [0.2, 0.25) is 0 Å². The Morgan fingerprint density at radius 3 is 1.62 bits per heavy atom. The van der Waals surface area contributed by atoms with Crippen molar-refractivity contribution in [1.29, 1.82) is 16.2 Å². The van der Waals surface area contributed by atoms with E-state index in [-0.39, 0.29) is 17.8 Å². The van der Waals surface area contributed by atoms with E-state index < -0.39 is 0 Å². The van der Waals surface area contributed by atoms with Crippen molar-refractivity contribution < 1.29 is 0 Å².